The van der Waals surface area contributed by atoms with Gasteiger partial charge in [0.1, 0.15) is 18.5 Å². The number of fused-ring (bicyclic) bond motifs is 1. The van der Waals surface area contributed by atoms with E-state index in [1.54, 1.807) is 16.9 Å². The van der Waals surface area contributed by atoms with Crippen LogP contribution in [0.15, 0.2) is 49.6 Å². The van der Waals surface area contributed by atoms with Crippen LogP contribution in [-0.4, -0.2) is 41.0 Å². The van der Waals surface area contributed by atoms with Gasteiger partial charge in [-0.2, -0.15) is 5.10 Å². The van der Waals surface area contributed by atoms with Crippen molar-refractivity contribution in [2.24, 2.45) is 0 Å². The number of pyridine rings is 1. The largest absolute Gasteiger partial charge is 0.326 e. The van der Waals surface area contributed by atoms with E-state index < -0.39 is 0 Å². The van der Waals surface area contributed by atoms with Crippen LogP contribution < -0.4 is 5.32 Å². The lowest BCUT2D eigenvalue weighted by Gasteiger charge is -2.21. The number of carbonyl (C=O) groups is 2. The van der Waals surface area contributed by atoms with E-state index in [-0.39, 0.29) is 23.8 Å². The van der Waals surface area contributed by atoms with Gasteiger partial charge in [0.2, 0.25) is 5.91 Å². The van der Waals surface area contributed by atoms with Gasteiger partial charge in [-0.05, 0) is 51.2 Å². The molecule has 1 saturated carbocycles. The zero-order chi connectivity index (χ0) is 23.2. The SMILES string of the molecule is CC(C)(C)n1cc(C(=O)c2cncc(NC(=O)Cn3cc(C4CC4)cn3)c2)c2cncnc21. The lowest BCUT2D eigenvalue weighted by molar-refractivity contribution is -0.116. The fourth-order valence-electron chi connectivity index (χ4n) is 3.89. The number of aromatic nitrogens is 6. The summed E-state index contributed by atoms with van der Waals surface area (Å²) in [5, 5.41) is 7.76. The van der Waals surface area contributed by atoms with Crippen molar-refractivity contribution in [1.82, 2.24) is 29.3 Å². The molecule has 0 bridgehead atoms. The monoisotopic (exact) mass is 443 g/mol. The van der Waals surface area contributed by atoms with Gasteiger partial charge in [-0.1, -0.05) is 0 Å². The Labute approximate surface area is 190 Å². The predicted octanol–water partition coefficient (Wildman–Crippen LogP) is 3.52. The van der Waals surface area contributed by atoms with Crippen LogP contribution in [0.5, 0.6) is 0 Å². The highest BCUT2D eigenvalue weighted by atomic mass is 16.2. The minimum absolute atomic E-state index is 0.0985. The van der Waals surface area contributed by atoms with Gasteiger partial charge in [0.15, 0.2) is 5.78 Å². The van der Waals surface area contributed by atoms with Crippen LogP contribution in [0.3, 0.4) is 0 Å². The lowest BCUT2D eigenvalue weighted by Crippen LogP contribution is -2.21. The Morgan fingerprint density at radius 3 is 2.67 bits per heavy atom. The molecule has 0 radical (unpaired) electrons. The Bertz CT molecular complexity index is 1360. The second-order valence-corrected chi connectivity index (χ2v) is 9.43. The summed E-state index contributed by atoms with van der Waals surface area (Å²) in [6.07, 6.45) is 14.1. The van der Waals surface area contributed by atoms with Crippen LogP contribution in [0.1, 0.15) is 61.0 Å². The summed E-state index contributed by atoms with van der Waals surface area (Å²) < 4.78 is 3.60. The van der Waals surface area contributed by atoms with Gasteiger partial charge >= 0.3 is 0 Å². The van der Waals surface area contributed by atoms with Crippen LogP contribution in [0.2, 0.25) is 0 Å². The summed E-state index contributed by atoms with van der Waals surface area (Å²) >= 11 is 0. The number of rotatable bonds is 6. The summed E-state index contributed by atoms with van der Waals surface area (Å²) in [6, 6.07) is 1.63. The maximum Gasteiger partial charge on any atom is 0.246 e. The van der Waals surface area contributed by atoms with Crippen molar-refractivity contribution in [1.29, 1.82) is 0 Å². The number of carbonyl (C=O) groups excluding carboxylic acids is 2. The maximum atomic E-state index is 13.4. The van der Waals surface area contributed by atoms with Gasteiger partial charge < -0.3 is 9.88 Å². The highest BCUT2D eigenvalue weighted by molar-refractivity contribution is 6.16. The third kappa shape index (κ3) is 4.26. The zero-order valence-corrected chi connectivity index (χ0v) is 18.8. The molecule has 1 fully saturated rings. The van der Waals surface area contributed by atoms with Crippen molar-refractivity contribution in [3.05, 3.63) is 66.3 Å². The standard InChI is InChI=1S/C24H25N7O2/c1-24(2,3)31-12-20(19-10-26-14-27-23(19)31)22(33)16-6-18(9-25-7-16)29-21(32)13-30-11-17(8-28-30)15-4-5-15/h6-12,14-15H,4-5,13H2,1-3H3,(H,29,32). The van der Waals surface area contributed by atoms with Crippen LogP contribution in [0.4, 0.5) is 5.69 Å². The summed E-state index contributed by atoms with van der Waals surface area (Å²) in [5.74, 6) is 0.149. The number of amides is 1. The molecule has 4 aromatic heterocycles. The van der Waals surface area contributed by atoms with E-state index in [0.29, 0.717) is 33.8 Å². The number of anilines is 1. The molecule has 0 spiro atoms. The van der Waals surface area contributed by atoms with Crippen LogP contribution in [0, 0.1) is 0 Å². The Hall–Kier alpha value is -3.88. The Balaban J connectivity index is 1.36. The van der Waals surface area contributed by atoms with Gasteiger partial charge in [0, 0.05) is 41.3 Å². The van der Waals surface area contributed by atoms with Gasteiger partial charge in [0.05, 0.1) is 23.6 Å². The van der Waals surface area contributed by atoms with E-state index in [1.807, 2.05) is 43.9 Å². The zero-order valence-electron chi connectivity index (χ0n) is 18.8. The number of hydrogen-bond acceptors (Lipinski definition) is 6. The van der Waals surface area contributed by atoms with Crippen LogP contribution in [0.25, 0.3) is 11.0 Å². The third-order valence-corrected chi connectivity index (χ3v) is 5.73. The molecule has 0 atom stereocenters. The molecule has 1 aliphatic rings. The fraction of sp³-hybridized carbons (Fsp3) is 0.333. The van der Waals surface area contributed by atoms with E-state index in [0.717, 1.165) is 0 Å². The van der Waals surface area contributed by atoms with Gasteiger partial charge in [0.25, 0.3) is 0 Å². The van der Waals surface area contributed by atoms with Crippen molar-refractivity contribution in [2.45, 2.75) is 51.6 Å². The molecule has 1 N–H and O–H groups in total. The average Bonchev–Trinajstić information content (AvgIpc) is 3.39. The summed E-state index contributed by atoms with van der Waals surface area (Å²) in [7, 11) is 0. The van der Waals surface area contributed by atoms with Crippen molar-refractivity contribution >= 4 is 28.4 Å². The average molecular weight is 444 g/mol. The molecular formula is C24H25N7O2. The molecular weight excluding hydrogens is 418 g/mol. The summed E-state index contributed by atoms with van der Waals surface area (Å²) in [5.41, 5.74) is 2.94. The van der Waals surface area contributed by atoms with E-state index in [9.17, 15) is 9.59 Å². The molecule has 0 saturated heterocycles. The molecule has 9 heteroatoms. The maximum absolute atomic E-state index is 13.4. The van der Waals surface area contributed by atoms with Crippen molar-refractivity contribution in [3.63, 3.8) is 0 Å². The molecule has 168 valence electrons. The predicted molar refractivity (Wildman–Crippen MR) is 123 cm³/mol. The number of nitrogens with one attached hydrogen (secondary N) is 1. The Kier molecular flexibility index (Phi) is 5.03. The van der Waals surface area contributed by atoms with E-state index in [1.165, 1.54) is 37.1 Å². The second kappa shape index (κ2) is 7.91. The molecule has 33 heavy (non-hydrogen) atoms. The fourth-order valence-corrected chi connectivity index (χ4v) is 3.89. The van der Waals surface area contributed by atoms with E-state index in [2.05, 4.69) is 25.4 Å². The van der Waals surface area contributed by atoms with Crippen molar-refractivity contribution in [2.75, 3.05) is 5.32 Å². The van der Waals surface area contributed by atoms with Crippen LogP contribution in [-0.2, 0) is 16.9 Å². The molecule has 4 heterocycles. The van der Waals surface area contributed by atoms with Crippen LogP contribution >= 0.6 is 0 Å². The molecule has 0 aliphatic heterocycles. The first-order valence-corrected chi connectivity index (χ1v) is 10.9. The molecule has 4 aromatic rings. The summed E-state index contributed by atoms with van der Waals surface area (Å²) in [6.45, 7) is 6.25. The molecule has 0 unspecified atom stereocenters. The normalized spacial score (nSPS) is 13.9. The Morgan fingerprint density at radius 1 is 1.09 bits per heavy atom. The molecule has 1 aliphatic carbocycles. The first-order chi connectivity index (χ1) is 15.8. The molecule has 5 rings (SSSR count). The highest BCUT2D eigenvalue weighted by Crippen LogP contribution is 2.39. The quantitative estimate of drug-likeness (QED) is 0.457. The lowest BCUT2D eigenvalue weighted by atomic mass is 10.1. The molecule has 1 amide bonds. The van der Waals surface area contributed by atoms with Gasteiger partial charge in [-0.3, -0.25) is 19.3 Å². The number of nitrogens with zero attached hydrogens (tertiary/aromatic N) is 6. The number of hydrogen-bond donors (Lipinski definition) is 1. The Morgan fingerprint density at radius 2 is 1.91 bits per heavy atom. The van der Waals surface area contributed by atoms with Crippen molar-refractivity contribution < 1.29 is 9.59 Å². The number of ketones is 1. The topological polar surface area (TPSA) is 108 Å². The smallest absolute Gasteiger partial charge is 0.246 e. The molecule has 0 aromatic carbocycles. The van der Waals surface area contributed by atoms with Gasteiger partial charge in [-0.15, -0.1) is 0 Å². The summed E-state index contributed by atoms with van der Waals surface area (Å²) in [4.78, 5) is 38.5. The minimum Gasteiger partial charge on any atom is -0.326 e. The second-order valence-electron chi connectivity index (χ2n) is 9.43. The van der Waals surface area contributed by atoms with Crippen molar-refractivity contribution in [3.8, 4) is 0 Å². The first-order valence-electron chi connectivity index (χ1n) is 10.9. The van der Waals surface area contributed by atoms with Gasteiger partial charge in [-0.25, -0.2) is 9.97 Å². The minimum atomic E-state index is -0.259. The molecule has 9 nitrogen and oxygen atoms in total. The first kappa shape index (κ1) is 21.0. The highest BCUT2D eigenvalue weighted by Gasteiger charge is 2.25. The van der Waals surface area contributed by atoms with E-state index in [4.69, 9.17) is 0 Å². The van der Waals surface area contributed by atoms with E-state index >= 15 is 0 Å². The third-order valence-electron chi connectivity index (χ3n) is 5.73.